The molecule has 154 valence electrons. The summed E-state index contributed by atoms with van der Waals surface area (Å²) in [5, 5.41) is 1.27. The van der Waals surface area contributed by atoms with Gasteiger partial charge in [-0.1, -0.05) is 12.1 Å². The molecule has 1 aliphatic rings. The normalized spacial score (nSPS) is 14.9. The fraction of sp³-hybridized carbons (Fsp3) is 0.273. The maximum absolute atomic E-state index is 12.0. The summed E-state index contributed by atoms with van der Waals surface area (Å²) >= 11 is 0. The molecule has 0 bridgehead atoms. The molecular weight excluding hydrogens is 400 g/mol. The van der Waals surface area contributed by atoms with Crippen LogP contribution in [0.2, 0.25) is 0 Å². The molecule has 8 heteroatoms. The van der Waals surface area contributed by atoms with Crippen molar-refractivity contribution < 1.29 is 13.7 Å². The predicted molar refractivity (Wildman–Crippen MR) is 117 cm³/mol. The number of pyridine rings is 1. The quantitative estimate of drug-likeness (QED) is 0.493. The minimum absolute atomic E-state index is 0.332. The predicted octanol–water partition coefficient (Wildman–Crippen LogP) is 3.51. The van der Waals surface area contributed by atoms with Crippen molar-refractivity contribution in [3.63, 3.8) is 0 Å². The average molecular weight is 423 g/mol. The van der Waals surface area contributed by atoms with Crippen molar-refractivity contribution in [2.24, 2.45) is 0 Å². The highest BCUT2D eigenvalue weighted by Crippen LogP contribution is 2.35. The van der Waals surface area contributed by atoms with E-state index in [1.165, 1.54) is 0 Å². The third-order valence-electron chi connectivity index (χ3n) is 5.34. The molecule has 0 amide bonds. The zero-order valence-corrected chi connectivity index (χ0v) is 17.6. The highest BCUT2D eigenvalue weighted by atomic mass is 32.2. The summed E-state index contributed by atoms with van der Waals surface area (Å²) in [7, 11) is 2.31. The van der Waals surface area contributed by atoms with Gasteiger partial charge in [0, 0.05) is 28.9 Å². The second-order valence-corrected chi connectivity index (χ2v) is 8.87. The lowest BCUT2D eigenvalue weighted by Gasteiger charge is -2.11. The van der Waals surface area contributed by atoms with Crippen molar-refractivity contribution in [2.45, 2.75) is 24.6 Å². The molecule has 0 saturated heterocycles. The van der Waals surface area contributed by atoms with E-state index in [9.17, 15) is 4.21 Å². The molecule has 2 aromatic heterocycles. The Morgan fingerprint density at radius 1 is 1.07 bits per heavy atom. The van der Waals surface area contributed by atoms with E-state index >= 15 is 0 Å². The molecule has 0 spiro atoms. The van der Waals surface area contributed by atoms with Crippen LogP contribution in [-0.4, -0.2) is 38.2 Å². The first-order chi connectivity index (χ1) is 14.7. The van der Waals surface area contributed by atoms with Crippen molar-refractivity contribution in [3.8, 4) is 17.2 Å². The van der Waals surface area contributed by atoms with E-state index in [1.807, 2.05) is 41.0 Å². The zero-order valence-electron chi connectivity index (χ0n) is 16.8. The summed E-state index contributed by atoms with van der Waals surface area (Å²) in [6.45, 7) is 0.595. The van der Waals surface area contributed by atoms with Gasteiger partial charge in [-0.15, -0.1) is 0 Å². The topological polar surface area (TPSA) is 78.3 Å². The number of nitrogens with zero attached hydrogens (tertiary/aromatic N) is 3. The Morgan fingerprint density at radius 2 is 1.80 bits per heavy atom. The van der Waals surface area contributed by atoms with Crippen LogP contribution >= 0.6 is 0 Å². The van der Waals surface area contributed by atoms with Gasteiger partial charge in [0.2, 0.25) is 0 Å². The number of rotatable bonds is 7. The first-order valence-corrected chi connectivity index (χ1v) is 11.0. The molecule has 1 aliphatic carbocycles. The highest BCUT2D eigenvalue weighted by molar-refractivity contribution is 7.83. The number of fused-ring (bicyclic) bond motifs is 3. The molecule has 1 atom stereocenters. The van der Waals surface area contributed by atoms with Crippen LogP contribution in [0, 0.1) is 0 Å². The third-order valence-corrected chi connectivity index (χ3v) is 6.84. The van der Waals surface area contributed by atoms with Crippen LogP contribution in [-0.2, 0) is 17.5 Å². The Hall–Kier alpha value is -2.97. The number of hydrogen-bond donors (Lipinski definition) is 1. The number of nitrogens with one attached hydrogen (secondary N) is 1. The Kier molecular flexibility index (Phi) is 4.88. The van der Waals surface area contributed by atoms with Gasteiger partial charge in [-0.2, -0.15) is 0 Å². The fourth-order valence-corrected chi connectivity index (χ4v) is 4.65. The molecule has 30 heavy (non-hydrogen) atoms. The number of hydrogen-bond acceptors (Lipinski definition) is 5. The molecule has 2 heterocycles. The molecule has 1 saturated carbocycles. The van der Waals surface area contributed by atoms with Gasteiger partial charge >= 0.3 is 0 Å². The molecule has 1 fully saturated rings. The van der Waals surface area contributed by atoms with Crippen LogP contribution in [0.1, 0.15) is 18.4 Å². The first-order valence-electron chi connectivity index (χ1n) is 9.79. The van der Waals surface area contributed by atoms with Crippen LogP contribution < -0.4 is 14.2 Å². The summed E-state index contributed by atoms with van der Waals surface area (Å²) in [5.41, 5.74) is 4.66. The lowest BCUT2D eigenvalue weighted by molar-refractivity contribution is 0.356. The molecule has 7 nitrogen and oxygen atoms in total. The van der Waals surface area contributed by atoms with Crippen molar-refractivity contribution in [2.75, 3.05) is 14.2 Å². The molecule has 0 radical (unpaired) electrons. The summed E-state index contributed by atoms with van der Waals surface area (Å²) in [6.07, 6.45) is 5.70. The van der Waals surface area contributed by atoms with Crippen molar-refractivity contribution in [3.05, 3.63) is 54.5 Å². The second-order valence-electron chi connectivity index (χ2n) is 7.32. The molecule has 4 aromatic rings. The molecular formula is C22H22N4O3S. The smallest absolute Gasteiger partial charge is 0.162 e. The Balaban J connectivity index is 1.52. The lowest BCUT2D eigenvalue weighted by Crippen LogP contribution is -2.19. The van der Waals surface area contributed by atoms with E-state index in [-0.39, 0.29) is 0 Å². The van der Waals surface area contributed by atoms with Gasteiger partial charge in [0.1, 0.15) is 11.8 Å². The molecule has 2 aromatic carbocycles. The maximum Gasteiger partial charge on any atom is 0.162 e. The maximum atomic E-state index is 12.0. The SMILES string of the molecule is COc1cc2ncc3ncn(-c4ccc(CNS(=O)C5CC5)cc4)c3c2cc1OC. The third kappa shape index (κ3) is 3.42. The minimum Gasteiger partial charge on any atom is -0.493 e. The van der Waals surface area contributed by atoms with Crippen LogP contribution in [0.25, 0.3) is 27.6 Å². The zero-order chi connectivity index (χ0) is 20.7. The largest absolute Gasteiger partial charge is 0.493 e. The monoisotopic (exact) mass is 422 g/mol. The Bertz CT molecular complexity index is 1250. The number of imidazole rings is 1. The van der Waals surface area contributed by atoms with E-state index in [4.69, 9.17) is 9.47 Å². The Morgan fingerprint density at radius 3 is 2.50 bits per heavy atom. The van der Waals surface area contributed by atoms with Gasteiger partial charge in [0.05, 0.1) is 42.4 Å². The number of benzene rings is 2. The number of aromatic nitrogens is 3. The molecule has 1 N–H and O–H groups in total. The number of ether oxygens (including phenoxy) is 2. The van der Waals surface area contributed by atoms with Gasteiger partial charge in [0.15, 0.2) is 11.5 Å². The van der Waals surface area contributed by atoms with Crippen LogP contribution in [0.3, 0.4) is 0 Å². The van der Waals surface area contributed by atoms with Gasteiger partial charge in [-0.25, -0.2) is 13.9 Å². The Labute approximate surface area is 176 Å². The van der Waals surface area contributed by atoms with Gasteiger partial charge < -0.3 is 9.47 Å². The summed E-state index contributed by atoms with van der Waals surface area (Å²) < 4.78 is 28.0. The fourth-order valence-electron chi connectivity index (χ4n) is 3.54. The first kappa shape index (κ1) is 19.0. The van der Waals surface area contributed by atoms with E-state index < -0.39 is 11.0 Å². The minimum atomic E-state index is -0.931. The van der Waals surface area contributed by atoms with E-state index in [0.29, 0.717) is 23.3 Å². The van der Waals surface area contributed by atoms with Gasteiger partial charge in [-0.05, 0) is 36.6 Å². The van der Waals surface area contributed by atoms with E-state index in [1.54, 1.807) is 26.7 Å². The summed E-state index contributed by atoms with van der Waals surface area (Å²) in [5.74, 6) is 1.29. The van der Waals surface area contributed by atoms with Crippen molar-refractivity contribution in [1.82, 2.24) is 19.3 Å². The van der Waals surface area contributed by atoms with E-state index in [0.717, 1.165) is 46.0 Å². The number of methoxy groups -OCH3 is 2. The van der Waals surface area contributed by atoms with Gasteiger partial charge in [0.25, 0.3) is 0 Å². The van der Waals surface area contributed by atoms with E-state index in [2.05, 4.69) is 14.7 Å². The highest BCUT2D eigenvalue weighted by Gasteiger charge is 2.28. The van der Waals surface area contributed by atoms with Crippen LogP contribution in [0.5, 0.6) is 11.5 Å². The standard InChI is InChI=1S/C22H22N4O3S/c1-28-20-9-17-18(10-21(20)29-2)23-12-19-22(17)26(13-24-19)15-5-3-14(4-6-15)11-25-30(27)16-7-8-16/h3-6,9-10,12-13,16,25H,7-8,11H2,1-2H3. The summed E-state index contributed by atoms with van der Waals surface area (Å²) in [6, 6.07) is 12.0. The average Bonchev–Trinajstić information content (AvgIpc) is 3.55. The lowest BCUT2D eigenvalue weighted by atomic mass is 10.1. The molecule has 0 aliphatic heterocycles. The van der Waals surface area contributed by atoms with Crippen molar-refractivity contribution in [1.29, 1.82) is 0 Å². The van der Waals surface area contributed by atoms with Crippen LogP contribution in [0.15, 0.2) is 48.9 Å². The summed E-state index contributed by atoms with van der Waals surface area (Å²) in [4.78, 5) is 9.05. The second kappa shape index (κ2) is 7.70. The van der Waals surface area contributed by atoms with Gasteiger partial charge in [-0.3, -0.25) is 9.55 Å². The van der Waals surface area contributed by atoms with Crippen molar-refractivity contribution >= 4 is 32.9 Å². The molecule has 5 rings (SSSR count). The van der Waals surface area contributed by atoms with Crippen LogP contribution in [0.4, 0.5) is 0 Å². The molecule has 1 unspecified atom stereocenters.